The van der Waals surface area contributed by atoms with E-state index in [0.717, 1.165) is 12.0 Å². The third-order valence-electron chi connectivity index (χ3n) is 6.14. The molecular weight excluding hydrogens is 453 g/mol. The van der Waals surface area contributed by atoms with Crippen molar-refractivity contribution < 1.29 is 18.7 Å². The number of aryl methyl sites for hydroxylation is 1. The summed E-state index contributed by atoms with van der Waals surface area (Å²) < 4.78 is 24.9. The van der Waals surface area contributed by atoms with Gasteiger partial charge in [-0.3, -0.25) is 4.79 Å². The molecule has 1 saturated heterocycles. The number of hydrogen-bond acceptors (Lipinski definition) is 7. The van der Waals surface area contributed by atoms with E-state index < -0.39 is 5.82 Å². The number of aromatic amines is 1. The summed E-state index contributed by atoms with van der Waals surface area (Å²) >= 11 is 0. The molecule has 35 heavy (non-hydrogen) atoms. The van der Waals surface area contributed by atoms with Gasteiger partial charge >= 0.3 is 0 Å². The van der Waals surface area contributed by atoms with Crippen molar-refractivity contribution in [2.45, 2.75) is 25.8 Å². The molecule has 0 aliphatic carbocycles. The molecule has 0 radical (unpaired) electrons. The van der Waals surface area contributed by atoms with Crippen LogP contribution >= 0.6 is 0 Å². The largest absolute Gasteiger partial charge is 0.496 e. The first-order valence-electron chi connectivity index (χ1n) is 11.1. The lowest BCUT2D eigenvalue weighted by atomic mass is 10.1. The topological polar surface area (TPSA) is 111 Å². The normalized spacial score (nSPS) is 15.4. The first-order chi connectivity index (χ1) is 17.0. The Kier molecular flexibility index (Phi) is 5.89. The summed E-state index contributed by atoms with van der Waals surface area (Å²) in [5, 5.41) is 16.9. The van der Waals surface area contributed by atoms with Crippen LogP contribution in [0.4, 0.5) is 4.39 Å². The Morgan fingerprint density at radius 3 is 2.69 bits per heavy atom. The molecule has 1 aliphatic rings. The molecule has 1 fully saturated rings. The van der Waals surface area contributed by atoms with E-state index in [2.05, 4.69) is 25.4 Å². The Hall–Kier alpha value is -4.28. The second-order valence-corrected chi connectivity index (χ2v) is 8.19. The fraction of sp³-hybridized carbons (Fsp3) is 0.292. The van der Waals surface area contributed by atoms with Gasteiger partial charge in [0.15, 0.2) is 23.2 Å². The number of methoxy groups -OCH3 is 2. The van der Waals surface area contributed by atoms with Crippen LogP contribution in [-0.4, -0.2) is 61.7 Å². The van der Waals surface area contributed by atoms with E-state index in [0.29, 0.717) is 47.2 Å². The summed E-state index contributed by atoms with van der Waals surface area (Å²) in [4.78, 5) is 20.2. The highest BCUT2D eigenvalue weighted by molar-refractivity contribution is 5.98. The van der Waals surface area contributed by atoms with Crippen molar-refractivity contribution in [1.82, 2.24) is 35.1 Å². The highest BCUT2D eigenvalue weighted by Gasteiger charge is 2.35. The van der Waals surface area contributed by atoms with Crippen LogP contribution in [0, 0.1) is 12.7 Å². The minimum absolute atomic E-state index is 0.0812. The van der Waals surface area contributed by atoms with Crippen LogP contribution in [-0.2, 0) is 0 Å². The Labute approximate surface area is 200 Å². The van der Waals surface area contributed by atoms with Gasteiger partial charge in [-0.25, -0.2) is 4.39 Å². The first-order valence-corrected chi connectivity index (χ1v) is 11.1. The number of likely N-dealkylation sites (tertiary alicyclic amines) is 1. The van der Waals surface area contributed by atoms with Gasteiger partial charge in [-0.15, -0.1) is 10.2 Å². The number of H-pyrrole nitrogens is 1. The number of halogens is 1. The third kappa shape index (κ3) is 3.98. The highest BCUT2D eigenvalue weighted by Crippen LogP contribution is 2.36. The lowest BCUT2D eigenvalue weighted by molar-refractivity contribution is 0.0729. The SMILES string of the molecule is COc1cc(C(=O)N2CCC[C@H]2c2nnc(-c3cccc(F)c3OC)[nH]2)c(-n2nccn2)cc1C. The number of nitrogens with zero attached hydrogens (tertiary/aromatic N) is 6. The zero-order chi connectivity index (χ0) is 24.5. The summed E-state index contributed by atoms with van der Waals surface area (Å²) in [6.45, 7) is 2.44. The molecule has 1 amide bonds. The maximum Gasteiger partial charge on any atom is 0.256 e. The standard InChI is InChI=1S/C24H24FN7O3/c1-14-12-19(32-26-9-10-27-32)16(13-20(14)34-2)24(33)31-11-5-8-18(31)23-28-22(29-30-23)15-6-4-7-17(25)21(15)35-3/h4,6-7,9-10,12-13,18H,5,8,11H2,1-3H3,(H,28,29,30)/t18-/m0/s1. The van der Waals surface area contributed by atoms with Gasteiger partial charge in [-0.2, -0.15) is 15.0 Å². The maximum atomic E-state index is 14.2. The molecule has 4 aromatic rings. The van der Waals surface area contributed by atoms with E-state index in [1.165, 1.54) is 18.0 Å². The number of nitrogens with one attached hydrogen (secondary N) is 1. The highest BCUT2D eigenvalue weighted by atomic mass is 19.1. The monoisotopic (exact) mass is 477 g/mol. The van der Waals surface area contributed by atoms with Crippen LogP contribution in [0.2, 0.25) is 0 Å². The number of carbonyl (C=O) groups excluding carboxylic acids is 1. The Bertz CT molecular complexity index is 1370. The van der Waals surface area contributed by atoms with Crippen LogP contribution in [0.25, 0.3) is 17.1 Å². The minimum atomic E-state index is -0.492. The van der Waals surface area contributed by atoms with Crippen molar-refractivity contribution in [3.05, 3.63) is 65.5 Å². The van der Waals surface area contributed by atoms with Gasteiger partial charge in [-0.05, 0) is 49.6 Å². The molecule has 1 N–H and O–H groups in total. The molecule has 2 aromatic heterocycles. The predicted octanol–water partition coefficient (Wildman–Crippen LogP) is 3.49. The zero-order valence-corrected chi connectivity index (χ0v) is 19.5. The molecule has 5 rings (SSSR count). The van der Waals surface area contributed by atoms with Crippen LogP contribution in [0.3, 0.4) is 0 Å². The average Bonchev–Trinajstić information content (AvgIpc) is 3.64. The van der Waals surface area contributed by atoms with Crippen molar-refractivity contribution in [1.29, 1.82) is 0 Å². The van der Waals surface area contributed by atoms with Crippen molar-refractivity contribution in [2.75, 3.05) is 20.8 Å². The lowest BCUT2D eigenvalue weighted by Gasteiger charge is -2.24. The Balaban J connectivity index is 1.50. The molecule has 1 atom stereocenters. The van der Waals surface area contributed by atoms with Gasteiger partial charge in [-0.1, -0.05) is 6.07 Å². The maximum absolute atomic E-state index is 14.2. The molecule has 0 unspecified atom stereocenters. The van der Waals surface area contributed by atoms with E-state index in [-0.39, 0.29) is 17.7 Å². The van der Waals surface area contributed by atoms with Crippen LogP contribution < -0.4 is 9.47 Å². The molecule has 2 aromatic carbocycles. The summed E-state index contributed by atoms with van der Waals surface area (Å²) in [7, 11) is 2.97. The van der Waals surface area contributed by atoms with E-state index in [1.807, 2.05) is 13.0 Å². The molecule has 0 spiro atoms. The molecule has 10 nitrogen and oxygen atoms in total. The van der Waals surface area contributed by atoms with Crippen LogP contribution in [0.5, 0.6) is 11.5 Å². The number of hydrogen-bond donors (Lipinski definition) is 1. The van der Waals surface area contributed by atoms with Gasteiger partial charge in [0.1, 0.15) is 5.75 Å². The summed E-state index contributed by atoms with van der Waals surface area (Å²) in [5.41, 5.74) is 2.30. The first kappa shape index (κ1) is 22.5. The van der Waals surface area contributed by atoms with Gasteiger partial charge < -0.3 is 19.4 Å². The van der Waals surface area contributed by atoms with E-state index in [4.69, 9.17) is 9.47 Å². The number of rotatable bonds is 6. The molecule has 1 aliphatic heterocycles. The van der Waals surface area contributed by atoms with Crippen molar-refractivity contribution in [2.24, 2.45) is 0 Å². The average molecular weight is 478 g/mol. The van der Waals surface area contributed by atoms with Crippen molar-refractivity contribution >= 4 is 5.91 Å². The number of aromatic nitrogens is 6. The van der Waals surface area contributed by atoms with Gasteiger partial charge in [0.2, 0.25) is 0 Å². The van der Waals surface area contributed by atoms with Crippen LogP contribution in [0.1, 0.15) is 40.6 Å². The van der Waals surface area contributed by atoms with Crippen LogP contribution in [0.15, 0.2) is 42.7 Å². The van der Waals surface area contributed by atoms with Gasteiger partial charge in [0.25, 0.3) is 5.91 Å². The number of carbonyl (C=O) groups is 1. The predicted molar refractivity (Wildman–Crippen MR) is 124 cm³/mol. The number of benzene rings is 2. The van der Waals surface area contributed by atoms with Crippen molar-refractivity contribution in [3.8, 4) is 28.6 Å². The number of para-hydroxylation sites is 1. The molecule has 11 heteroatoms. The van der Waals surface area contributed by atoms with E-state index in [9.17, 15) is 9.18 Å². The van der Waals surface area contributed by atoms with Gasteiger partial charge in [0, 0.05) is 6.54 Å². The van der Waals surface area contributed by atoms with Gasteiger partial charge in [0.05, 0.1) is 49.5 Å². The summed E-state index contributed by atoms with van der Waals surface area (Å²) in [6, 6.07) is 7.82. The third-order valence-corrected chi connectivity index (χ3v) is 6.14. The number of ether oxygens (including phenoxy) is 2. The Morgan fingerprint density at radius 2 is 1.94 bits per heavy atom. The van der Waals surface area contributed by atoms with Crippen molar-refractivity contribution in [3.63, 3.8) is 0 Å². The summed E-state index contributed by atoms with van der Waals surface area (Å²) in [5.74, 6) is 0.884. The fourth-order valence-electron chi connectivity index (χ4n) is 4.47. The molecule has 0 bridgehead atoms. The van der Waals surface area contributed by atoms with E-state index in [1.54, 1.807) is 42.6 Å². The number of amides is 1. The molecule has 3 heterocycles. The second-order valence-electron chi connectivity index (χ2n) is 8.19. The minimum Gasteiger partial charge on any atom is -0.496 e. The lowest BCUT2D eigenvalue weighted by Crippen LogP contribution is -2.32. The second kappa shape index (κ2) is 9.16. The zero-order valence-electron chi connectivity index (χ0n) is 19.5. The molecular formula is C24H24FN7O3. The molecule has 0 saturated carbocycles. The summed E-state index contributed by atoms with van der Waals surface area (Å²) in [6.07, 6.45) is 4.62. The smallest absolute Gasteiger partial charge is 0.256 e. The molecule has 180 valence electrons. The van der Waals surface area contributed by atoms with E-state index >= 15 is 0 Å². The quantitative estimate of drug-likeness (QED) is 0.452. The fourth-order valence-corrected chi connectivity index (χ4v) is 4.47. The Morgan fingerprint density at radius 1 is 1.14 bits per heavy atom.